The lowest BCUT2D eigenvalue weighted by Crippen LogP contribution is -2.23. The second-order valence-corrected chi connectivity index (χ2v) is 27.9. The number of fused-ring (bicyclic) bond motifs is 3. The molecule has 15 aromatic rings. The number of aromatic nitrogens is 9. The van der Waals surface area contributed by atoms with E-state index >= 15 is 0 Å². The minimum Gasteiger partial charge on any atom is -0.491 e. The molecule has 0 atom stereocenters. The molecule has 6 aromatic heterocycles. The maximum atomic E-state index is 13.7. The van der Waals surface area contributed by atoms with Gasteiger partial charge in [0.05, 0.1) is 132 Å². The maximum absolute atomic E-state index is 13.7. The molecule has 0 saturated heterocycles. The van der Waals surface area contributed by atoms with Gasteiger partial charge in [-0.05, 0) is 126 Å². The van der Waals surface area contributed by atoms with Crippen molar-refractivity contribution >= 4 is 32.9 Å². The molecule has 0 aliphatic rings. The van der Waals surface area contributed by atoms with Crippen LogP contribution in [0.15, 0.2) is 283 Å². The molecule has 121 heavy (non-hydrogen) atoms. The molecule has 0 aliphatic heterocycles. The van der Waals surface area contributed by atoms with Gasteiger partial charge in [0.2, 0.25) is 33.5 Å². The van der Waals surface area contributed by atoms with E-state index in [1.165, 1.54) is 0 Å². The van der Waals surface area contributed by atoms with Crippen molar-refractivity contribution in [2.24, 2.45) is 0 Å². The molecule has 620 valence electrons. The lowest BCUT2D eigenvalue weighted by Gasteiger charge is -2.18. The van der Waals surface area contributed by atoms with Crippen LogP contribution in [-0.4, -0.2) is 149 Å². The van der Waals surface area contributed by atoms with E-state index in [1.807, 2.05) is 201 Å². The predicted molar refractivity (Wildman–Crippen MR) is 450 cm³/mol. The Morgan fingerprint density at radius 1 is 0.273 bits per heavy atom. The van der Waals surface area contributed by atoms with Crippen LogP contribution in [-0.2, 0) is 87.5 Å². The molecule has 0 spiro atoms. The molecule has 0 amide bonds. The molecule has 0 N–H and O–H groups in total. The van der Waals surface area contributed by atoms with Gasteiger partial charge < -0.3 is 70.1 Å². The summed E-state index contributed by atoms with van der Waals surface area (Å²) in [5.41, 5.74) is 7.68. The number of para-hydroxylation sites is 3. The van der Waals surface area contributed by atoms with Crippen molar-refractivity contribution in [2.45, 2.75) is 59.1 Å². The van der Waals surface area contributed by atoms with Crippen molar-refractivity contribution in [3.8, 4) is 68.5 Å². The van der Waals surface area contributed by atoms with Crippen LogP contribution in [0.1, 0.15) is 33.8 Å². The number of benzene rings is 9. The summed E-state index contributed by atoms with van der Waals surface area (Å²) in [5, 5.41) is 28.1. The number of nitrogens with zero attached hydrogens (tertiary/aromatic N) is 10. The van der Waals surface area contributed by atoms with Crippen LogP contribution in [0.5, 0.6) is 34.5 Å². The zero-order valence-electron chi connectivity index (χ0n) is 66.5. The van der Waals surface area contributed by atoms with Crippen LogP contribution in [0.4, 0.5) is 0 Å². The SMILES string of the molecule is O=c1c(OCc2ccccc2)c(-c2ccc(OCCOCCOCCn3cc(CN(Cc4cn(CCOCCOCCOc5ccc(-c6oc7ccccc7c(=O)c6OCc6ccccc6)cc5)nn4)Cc4cn(CCOCCOCCOc5ccc(-c6oc7ccccc7c(=O)c6OCc6ccccc6)cc5)nn4)nn3)cc2)oc2ccccc12. The standard InChI is InChI=1S/C93H90N10O18/c104-85-79-22-10-13-25-82(79)119-88(91(85)116-64-67-16-4-1-5-17-67)70-28-34-76(35-29-70)113-55-52-110-49-46-107-43-40-101-61-73(94-97-101)58-100(59-74-62-102(98-95-74)41-44-108-47-50-111-53-56-114-77-36-30-71(31-37-77)89-92(117-65-68-18-6-2-7-19-68)86(105)80-23-11-14-26-83(80)120-89)60-75-63-103(99-96-75)42-45-109-48-51-112-54-57-115-78-38-32-72(33-39-78)90-93(118-66-69-20-8-3-9-21-69)87(106)81-24-12-15-27-84(81)121-90/h1-39,61-63H,40-60,64-66H2. The Kier molecular flexibility index (Phi) is 29.2. The van der Waals surface area contributed by atoms with Gasteiger partial charge in [-0.2, -0.15) is 0 Å². The first-order chi connectivity index (χ1) is 59.7. The maximum Gasteiger partial charge on any atom is 0.235 e. The lowest BCUT2D eigenvalue weighted by atomic mass is 10.1. The summed E-state index contributed by atoms with van der Waals surface area (Å²) in [6.07, 6.45) is 5.69. The fraction of sp³-hybridized carbons (Fsp3) is 0.258. The zero-order valence-corrected chi connectivity index (χ0v) is 66.5. The van der Waals surface area contributed by atoms with E-state index in [2.05, 4.69) is 35.8 Å². The summed E-state index contributed by atoms with van der Waals surface area (Å²) in [4.78, 5) is 43.1. The topological polar surface area (TPSA) is 297 Å². The molecule has 6 heterocycles. The molecule has 0 fully saturated rings. The molecule has 0 aliphatic carbocycles. The van der Waals surface area contributed by atoms with Crippen LogP contribution in [0, 0.1) is 0 Å². The van der Waals surface area contributed by atoms with Gasteiger partial charge in [-0.3, -0.25) is 19.3 Å². The zero-order chi connectivity index (χ0) is 82.4. The van der Waals surface area contributed by atoms with E-state index in [-0.39, 0.29) is 53.4 Å². The molecule has 28 heteroatoms. The van der Waals surface area contributed by atoms with Gasteiger partial charge in [0, 0.05) is 54.9 Å². The molecule has 15 rings (SSSR count). The van der Waals surface area contributed by atoms with Crippen molar-refractivity contribution in [1.29, 1.82) is 0 Å². The third kappa shape index (κ3) is 23.3. The van der Waals surface area contributed by atoms with E-state index < -0.39 is 0 Å². The smallest absolute Gasteiger partial charge is 0.235 e. The molecular formula is C93H90N10O18. The Balaban J connectivity index is 0.484. The number of hydrogen-bond donors (Lipinski definition) is 0. The Morgan fingerprint density at radius 3 is 0.818 bits per heavy atom. The van der Waals surface area contributed by atoms with Gasteiger partial charge in [0.15, 0.2) is 17.3 Å². The Hall–Kier alpha value is -13.5. The lowest BCUT2D eigenvalue weighted by molar-refractivity contribution is 0.0333. The minimum atomic E-state index is -0.240. The third-order valence-corrected chi connectivity index (χ3v) is 19.2. The Bertz CT molecular complexity index is 5370. The van der Waals surface area contributed by atoms with E-state index in [4.69, 9.17) is 70.1 Å². The Morgan fingerprint density at radius 2 is 0.529 bits per heavy atom. The summed E-state index contributed by atoms with van der Waals surface area (Å²) in [6, 6.07) is 72.3. The van der Waals surface area contributed by atoms with Crippen LogP contribution < -0.4 is 44.7 Å². The van der Waals surface area contributed by atoms with Crippen LogP contribution >= 0.6 is 0 Å². The molecule has 9 aromatic carbocycles. The Labute approximate surface area is 695 Å². The largest absolute Gasteiger partial charge is 0.491 e. The minimum absolute atomic E-state index is 0.147. The third-order valence-electron chi connectivity index (χ3n) is 19.2. The summed E-state index contributed by atoms with van der Waals surface area (Å²) in [7, 11) is 0. The first-order valence-corrected chi connectivity index (χ1v) is 40.0. The first kappa shape index (κ1) is 82.6. The quantitative estimate of drug-likeness (QED) is 0.0320. The second kappa shape index (κ2) is 42.8. The van der Waals surface area contributed by atoms with Crippen LogP contribution in [0.2, 0.25) is 0 Å². The summed E-state index contributed by atoms with van der Waals surface area (Å²) in [5.74, 6) is 3.36. The number of ether oxygens (including phenoxy) is 12. The predicted octanol–water partition coefficient (Wildman–Crippen LogP) is 14.1. The molecular weight excluding hydrogens is 1550 g/mol. The molecule has 0 bridgehead atoms. The van der Waals surface area contributed by atoms with E-state index in [1.54, 1.807) is 68.6 Å². The fourth-order valence-corrected chi connectivity index (χ4v) is 13.1. The normalized spacial score (nSPS) is 11.5. The van der Waals surface area contributed by atoms with Crippen molar-refractivity contribution in [3.63, 3.8) is 0 Å². The highest BCUT2D eigenvalue weighted by molar-refractivity contribution is 5.84. The van der Waals surface area contributed by atoms with Crippen molar-refractivity contribution in [2.75, 3.05) is 99.1 Å². The average molecular weight is 1640 g/mol. The van der Waals surface area contributed by atoms with E-state index in [0.29, 0.717) is 222 Å². The van der Waals surface area contributed by atoms with Gasteiger partial charge >= 0.3 is 0 Å². The molecule has 0 radical (unpaired) electrons. The van der Waals surface area contributed by atoms with Crippen molar-refractivity contribution < 1.29 is 70.1 Å². The first-order valence-electron chi connectivity index (χ1n) is 40.0. The van der Waals surface area contributed by atoms with E-state index in [0.717, 1.165) is 33.8 Å². The number of rotatable bonds is 48. The number of hydrogen-bond acceptors (Lipinski definition) is 25. The second-order valence-electron chi connectivity index (χ2n) is 27.9. The highest BCUT2D eigenvalue weighted by Gasteiger charge is 2.23. The monoisotopic (exact) mass is 1630 g/mol. The highest BCUT2D eigenvalue weighted by Crippen LogP contribution is 2.36. The fourth-order valence-electron chi connectivity index (χ4n) is 13.1. The van der Waals surface area contributed by atoms with Gasteiger partial charge in [0.1, 0.15) is 73.6 Å². The van der Waals surface area contributed by atoms with Gasteiger partial charge in [-0.1, -0.05) is 143 Å². The van der Waals surface area contributed by atoms with Crippen LogP contribution in [0.25, 0.3) is 66.9 Å². The summed E-state index contributed by atoms with van der Waals surface area (Å²) >= 11 is 0. The average Bonchev–Trinajstić information content (AvgIpc) is 1.77. The molecule has 28 nitrogen and oxygen atoms in total. The molecule has 0 saturated carbocycles. The van der Waals surface area contributed by atoms with Crippen molar-refractivity contribution in [3.05, 3.63) is 320 Å². The van der Waals surface area contributed by atoms with Gasteiger partial charge in [0.25, 0.3) is 0 Å². The molecule has 0 unspecified atom stereocenters. The summed E-state index contributed by atoms with van der Waals surface area (Å²) < 4.78 is 95.6. The highest BCUT2D eigenvalue weighted by atomic mass is 16.6. The van der Waals surface area contributed by atoms with Gasteiger partial charge in [-0.25, -0.2) is 14.0 Å². The van der Waals surface area contributed by atoms with Crippen molar-refractivity contribution in [1.82, 2.24) is 49.9 Å². The van der Waals surface area contributed by atoms with E-state index in [9.17, 15) is 14.4 Å². The summed E-state index contributed by atoms with van der Waals surface area (Å²) in [6.45, 7) is 8.55. The van der Waals surface area contributed by atoms with Crippen LogP contribution in [0.3, 0.4) is 0 Å². The van der Waals surface area contributed by atoms with Gasteiger partial charge in [-0.15, -0.1) is 15.3 Å².